The Labute approximate surface area is 68.1 Å². The van der Waals surface area contributed by atoms with Crippen LogP contribution < -0.4 is 5.73 Å². The predicted molar refractivity (Wildman–Crippen MR) is 44.3 cm³/mol. The molecule has 0 unspecified atom stereocenters. The Balaban J connectivity index is 2.03. The molecule has 1 heterocycles. The van der Waals surface area contributed by atoms with Gasteiger partial charge in [-0.2, -0.15) is 0 Å². The van der Waals surface area contributed by atoms with Crippen molar-refractivity contribution >= 4 is 0 Å². The fourth-order valence-electron chi connectivity index (χ4n) is 2.49. The SMILES string of the molecule is C[C@@H]1C[C@@H]2[C@@H](N)CCC[C@H]2O1. The van der Waals surface area contributed by atoms with Crippen LogP contribution in [0.3, 0.4) is 0 Å². The van der Waals surface area contributed by atoms with Crippen molar-refractivity contribution in [3.63, 3.8) is 0 Å². The van der Waals surface area contributed by atoms with Crippen LogP contribution in [0.4, 0.5) is 0 Å². The van der Waals surface area contributed by atoms with Crippen LogP contribution in [0, 0.1) is 5.92 Å². The highest BCUT2D eigenvalue weighted by atomic mass is 16.5. The van der Waals surface area contributed by atoms with Crippen LogP contribution >= 0.6 is 0 Å². The molecule has 2 aliphatic rings. The minimum atomic E-state index is 0.415. The van der Waals surface area contributed by atoms with E-state index in [4.69, 9.17) is 10.5 Å². The van der Waals surface area contributed by atoms with Crippen molar-refractivity contribution in [2.24, 2.45) is 11.7 Å². The number of ether oxygens (including phenoxy) is 1. The van der Waals surface area contributed by atoms with Gasteiger partial charge < -0.3 is 10.5 Å². The Kier molecular flexibility index (Phi) is 1.90. The van der Waals surface area contributed by atoms with E-state index in [1.54, 1.807) is 0 Å². The first-order valence-corrected chi connectivity index (χ1v) is 4.68. The molecule has 0 spiro atoms. The van der Waals surface area contributed by atoms with Crippen LogP contribution in [-0.2, 0) is 4.74 Å². The molecular formula is C9H17NO. The fraction of sp³-hybridized carbons (Fsp3) is 1.00. The van der Waals surface area contributed by atoms with Gasteiger partial charge in [-0.1, -0.05) is 0 Å². The standard InChI is InChI=1S/C9H17NO/c1-6-5-7-8(10)3-2-4-9(7)11-6/h6-9H,2-5,10H2,1H3/t6-,7-,8+,9-/m1/s1. The van der Waals surface area contributed by atoms with Crippen molar-refractivity contribution < 1.29 is 4.74 Å². The summed E-state index contributed by atoms with van der Waals surface area (Å²) in [6.45, 7) is 2.16. The second-order valence-electron chi connectivity index (χ2n) is 3.98. The van der Waals surface area contributed by atoms with Gasteiger partial charge in [-0.25, -0.2) is 0 Å². The summed E-state index contributed by atoms with van der Waals surface area (Å²) in [5, 5.41) is 0. The topological polar surface area (TPSA) is 35.2 Å². The molecule has 0 radical (unpaired) electrons. The van der Waals surface area contributed by atoms with E-state index in [2.05, 4.69) is 6.92 Å². The maximum absolute atomic E-state index is 6.00. The lowest BCUT2D eigenvalue weighted by Gasteiger charge is -2.29. The third kappa shape index (κ3) is 1.30. The highest BCUT2D eigenvalue weighted by Crippen LogP contribution is 2.36. The Morgan fingerprint density at radius 1 is 1.36 bits per heavy atom. The van der Waals surface area contributed by atoms with Crippen molar-refractivity contribution in [3.05, 3.63) is 0 Å². The maximum Gasteiger partial charge on any atom is 0.0622 e. The van der Waals surface area contributed by atoms with Crippen molar-refractivity contribution in [2.75, 3.05) is 0 Å². The summed E-state index contributed by atoms with van der Waals surface area (Å²) in [6.07, 6.45) is 5.84. The van der Waals surface area contributed by atoms with Crippen molar-refractivity contribution in [2.45, 2.75) is 50.9 Å². The van der Waals surface area contributed by atoms with Gasteiger partial charge in [0.25, 0.3) is 0 Å². The van der Waals surface area contributed by atoms with Crippen molar-refractivity contribution in [3.8, 4) is 0 Å². The van der Waals surface area contributed by atoms with E-state index in [-0.39, 0.29) is 0 Å². The normalized spacial score (nSPS) is 50.7. The van der Waals surface area contributed by atoms with Gasteiger partial charge >= 0.3 is 0 Å². The van der Waals surface area contributed by atoms with E-state index >= 15 is 0 Å². The highest BCUT2D eigenvalue weighted by molar-refractivity contribution is 4.90. The van der Waals surface area contributed by atoms with E-state index in [1.165, 1.54) is 25.7 Å². The minimum absolute atomic E-state index is 0.415. The summed E-state index contributed by atoms with van der Waals surface area (Å²) in [5.41, 5.74) is 6.00. The zero-order valence-electron chi connectivity index (χ0n) is 7.12. The Morgan fingerprint density at radius 2 is 2.18 bits per heavy atom. The molecule has 1 aliphatic carbocycles. The van der Waals surface area contributed by atoms with Crippen LogP contribution in [0.15, 0.2) is 0 Å². The van der Waals surface area contributed by atoms with Gasteiger partial charge in [-0.15, -0.1) is 0 Å². The monoisotopic (exact) mass is 155 g/mol. The Morgan fingerprint density at radius 3 is 2.91 bits per heavy atom. The smallest absolute Gasteiger partial charge is 0.0622 e. The fourth-order valence-corrected chi connectivity index (χ4v) is 2.49. The van der Waals surface area contributed by atoms with Gasteiger partial charge in [0.05, 0.1) is 12.2 Å². The first-order chi connectivity index (χ1) is 5.27. The van der Waals surface area contributed by atoms with Crippen LogP contribution in [-0.4, -0.2) is 18.2 Å². The lowest BCUT2D eigenvalue weighted by molar-refractivity contribution is 0.0230. The summed E-state index contributed by atoms with van der Waals surface area (Å²) in [4.78, 5) is 0. The molecular weight excluding hydrogens is 138 g/mol. The second-order valence-corrected chi connectivity index (χ2v) is 3.98. The number of fused-ring (bicyclic) bond motifs is 1. The molecule has 0 aromatic carbocycles. The lowest BCUT2D eigenvalue weighted by atomic mass is 9.82. The maximum atomic E-state index is 6.00. The summed E-state index contributed by atoms with van der Waals surface area (Å²) in [7, 11) is 0. The molecule has 0 bridgehead atoms. The molecule has 2 nitrogen and oxygen atoms in total. The van der Waals surface area contributed by atoms with E-state index in [1.807, 2.05) is 0 Å². The molecule has 1 saturated carbocycles. The predicted octanol–water partition coefficient (Wildman–Crippen LogP) is 1.29. The highest BCUT2D eigenvalue weighted by Gasteiger charge is 2.38. The molecule has 1 aliphatic heterocycles. The number of nitrogens with two attached hydrogens (primary N) is 1. The van der Waals surface area contributed by atoms with Gasteiger partial charge in [0.2, 0.25) is 0 Å². The van der Waals surface area contributed by atoms with Gasteiger partial charge in [0, 0.05) is 12.0 Å². The zero-order valence-corrected chi connectivity index (χ0v) is 7.12. The van der Waals surface area contributed by atoms with E-state index in [9.17, 15) is 0 Å². The van der Waals surface area contributed by atoms with Crippen LogP contribution in [0.2, 0.25) is 0 Å². The quantitative estimate of drug-likeness (QED) is 0.572. The van der Waals surface area contributed by atoms with Crippen LogP contribution in [0.1, 0.15) is 32.6 Å². The van der Waals surface area contributed by atoms with Gasteiger partial charge in [0.1, 0.15) is 0 Å². The molecule has 11 heavy (non-hydrogen) atoms. The number of rotatable bonds is 0. The van der Waals surface area contributed by atoms with E-state index in [0.717, 1.165) is 0 Å². The molecule has 64 valence electrons. The van der Waals surface area contributed by atoms with Crippen molar-refractivity contribution in [1.82, 2.24) is 0 Å². The lowest BCUT2D eigenvalue weighted by Crippen LogP contribution is -2.38. The minimum Gasteiger partial charge on any atom is -0.375 e. The molecule has 2 fully saturated rings. The van der Waals surface area contributed by atoms with Gasteiger partial charge in [0.15, 0.2) is 0 Å². The second kappa shape index (κ2) is 2.76. The largest absolute Gasteiger partial charge is 0.375 e. The summed E-state index contributed by atoms with van der Waals surface area (Å²) >= 11 is 0. The average Bonchev–Trinajstić information content (AvgIpc) is 2.31. The molecule has 0 amide bonds. The van der Waals surface area contributed by atoms with E-state index in [0.29, 0.717) is 24.2 Å². The molecule has 0 aromatic rings. The molecule has 4 atom stereocenters. The zero-order chi connectivity index (χ0) is 7.84. The average molecular weight is 155 g/mol. The molecule has 1 saturated heterocycles. The number of hydrogen-bond donors (Lipinski definition) is 1. The van der Waals surface area contributed by atoms with Crippen molar-refractivity contribution in [1.29, 1.82) is 0 Å². The first-order valence-electron chi connectivity index (χ1n) is 4.68. The number of hydrogen-bond acceptors (Lipinski definition) is 2. The van der Waals surface area contributed by atoms with Crippen LogP contribution in [0.5, 0.6) is 0 Å². The third-order valence-electron chi connectivity index (χ3n) is 3.06. The Bertz CT molecular complexity index is 148. The van der Waals surface area contributed by atoms with E-state index < -0.39 is 0 Å². The Hall–Kier alpha value is -0.0800. The molecule has 0 aromatic heterocycles. The molecule has 2 rings (SSSR count). The molecule has 2 N–H and O–H groups in total. The van der Waals surface area contributed by atoms with Crippen LogP contribution in [0.25, 0.3) is 0 Å². The molecule has 2 heteroatoms. The van der Waals surface area contributed by atoms with Gasteiger partial charge in [-0.05, 0) is 32.6 Å². The third-order valence-corrected chi connectivity index (χ3v) is 3.06. The van der Waals surface area contributed by atoms with Gasteiger partial charge in [-0.3, -0.25) is 0 Å². The summed E-state index contributed by atoms with van der Waals surface area (Å²) < 4.78 is 5.76. The summed E-state index contributed by atoms with van der Waals surface area (Å²) in [5.74, 6) is 0.666. The first kappa shape index (κ1) is 7.56. The summed E-state index contributed by atoms with van der Waals surface area (Å²) in [6, 6.07) is 0.415.